The Bertz CT molecular complexity index is 503. The largest absolute Gasteiger partial charge is 0.372 e. The molecular weight excluding hydrogens is 312 g/mol. The second kappa shape index (κ2) is 6.01. The van der Waals surface area contributed by atoms with Crippen molar-refractivity contribution in [2.75, 3.05) is 18.9 Å². The molecule has 0 aliphatic rings. The molecule has 1 aromatic heterocycles. The maximum absolute atomic E-state index is 12.1. The highest BCUT2D eigenvalue weighted by molar-refractivity contribution is 9.10. The molecule has 7 heteroatoms. The van der Waals surface area contributed by atoms with Crippen LogP contribution in [0, 0.1) is 5.41 Å². The summed E-state index contributed by atoms with van der Waals surface area (Å²) in [6, 6.07) is 1.66. The molecular formula is C12H17BrN4O2. The Morgan fingerprint density at radius 1 is 1.47 bits per heavy atom. The van der Waals surface area contributed by atoms with E-state index in [9.17, 15) is 9.59 Å². The van der Waals surface area contributed by atoms with E-state index in [2.05, 4.69) is 31.5 Å². The highest BCUT2D eigenvalue weighted by Gasteiger charge is 2.26. The minimum absolute atomic E-state index is 0.164. The van der Waals surface area contributed by atoms with Crippen LogP contribution in [0.5, 0.6) is 0 Å². The summed E-state index contributed by atoms with van der Waals surface area (Å²) in [7, 11) is 1.68. The number of amides is 2. The molecule has 1 aromatic rings. The fourth-order valence-corrected chi connectivity index (χ4v) is 1.63. The number of nitrogens with zero attached hydrogens (tertiary/aromatic N) is 1. The van der Waals surface area contributed by atoms with Crippen molar-refractivity contribution in [1.82, 2.24) is 10.3 Å². The number of anilines is 1. The Morgan fingerprint density at radius 2 is 2.11 bits per heavy atom. The van der Waals surface area contributed by atoms with E-state index in [0.29, 0.717) is 15.9 Å². The highest BCUT2D eigenvalue weighted by Crippen LogP contribution is 2.18. The van der Waals surface area contributed by atoms with Gasteiger partial charge in [-0.15, -0.1) is 0 Å². The van der Waals surface area contributed by atoms with E-state index in [1.807, 2.05) is 0 Å². The van der Waals surface area contributed by atoms with Gasteiger partial charge in [0.2, 0.25) is 5.91 Å². The van der Waals surface area contributed by atoms with Crippen molar-refractivity contribution >= 4 is 33.6 Å². The van der Waals surface area contributed by atoms with Crippen molar-refractivity contribution in [3.05, 3.63) is 22.3 Å². The molecule has 104 valence electrons. The van der Waals surface area contributed by atoms with E-state index >= 15 is 0 Å². The smallest absolute Gasteiger partial charge is 0.255 e. The molecule has 0 unspecified atom stereocenters. The zero-order chi connectivity index (χ0) is 14.6. The lowest BCUT2D eigenvalue weighted by Gasteiger charge is -2.21. The summed E-state index contributed by atoms with van der Waals surface area (Å²) < 4.78 is 0.700. The van der Waals surface area contributed by atoms with E-state index in [4.69, 9.17) is 5.73 Å². The summed E-state index contributed by atoms with van der Waals surface area (Å²) in [6.07, 6.45) is 1.59. The fourth-order valence-electron chi connectivity index (χ4n) is 1.30. The summed E-state index contributed by atoms with van der Waals surface area (Å²) in [4.78, 5) is 27.4. The lowest BCUT2D eigenvalue weighted by Crippen LogP contribution is -2.42. The third-order valence-corrected chi connectivity index (χ3v) is 3.13. The van der Waals surface area contributed by atoms with Crippen LogP contribution in [0.15, 0.2) is 16.7 Å². The molecule has 4 N–H and O–H groups in total. The minimum Gasteiger partial charge on any atom is -0.372 e. The first-order chi connectivity index (χ1) is 8.77. The SMILES string of the molecule is CNc1ncc(Br)cc1C(=O)NCC(C)(C)C(N)=O. The lowest BCUT2D eigenvalue weighted by molar-refractivity contribution is -0.125. The number of hydrogen-bond donors (Lipinski definition) is 3. The predicted octanol–water partition coefficient (Wildman–Crippen LogP) is 1.13. The van der Waals surface area contributed by atoms with Gasteiger partial charge in [-0.25, -0.2) is 4.98 Å². The van der Waals surface area contributed by atoms with Crippen LogP contribution in [-0.4, -0.2) is 30.4 Å². The summed E-state index contributed by atoms with van der Waals surface area (Å²) >= 11 is 3.26. The number of carbonyl (C=O) groups excluding carboxylic acids is 2. The molecule has 0 spiro atoms. The van der Waals surface area contributed by atoms with E-state index in [1.54, 1.807) is 33.2 Å². The van der Waals surface area contributed by atoms with Crippen molar-refractivity contribution in [2.45, 2.75) is 13.8 Å². The molecule has 0 bridgehead atoms. The van der Waals surface area contributed by atoms with Crippen LogP contribution >= 0.6 is 15.9 Å². The van der Waals surface area contributed by atoms with Crippen molar-refractivity contribution in [2.24, 2.45) is 11.1 Å². The third-order valence-electron chi connectivity index (χ3n) is 2.69. The van der Waals surface area contributed by atoms with Gasteiger partial charge in [0.05, 0.1) is 11.0 Å². The first kappa shape index (κ1) is 15.4. The average molecular weight is 329 g/mol. The van der Waals surface area contributed by atoms with Gasteiger partial charge in [0.25, 0.3) is 5.91 Å². The minimum atomic E-state index is -0.797. The van der Waals surface area contributed by atoms with E-state index in [0.717, 1.165) is 0 Å². The number of nitrogens with one attached hydrogen (secondary N) is 2. The van der Waals surface area contributed by atoms with E-state index in [-0.39, 0.29) is 12.5 Å². The van der Waals surface area contributed by atoms with E-state index in [1.165, 1.54) is 0 Å². The van der Waals surface area contributed by atoms with Gasteiger partial charge >= 0.3 is 0 Å². The van der Waals surface area contributed by atoms with Crippen molar-refractivity contribution in [3.8, 4) is 0 Å². The van der Waals surface area contributed by atoms with Crippen LogP contribution in [0.25, 0.3) is 0 Å². The summed E-state index contributed by atoms with van der Waals surface area (Å²) in [6.45, 7) is 3.51. The zero-order valence-corrected chi connectivity index (χ0v) is 12.7. The van der Waals surface area contributed by atoms with Crippen LogP contribution in [0.2, 0.25) is 0 Å². The molecule has 0 radical (unpaired) electrons. The number of pyridine rings is 1. The van der Waals surface area contributed by atoms with Gasteiger partial charge in [-0.1, -0.05) is 0 Å². The number of hydrogen-bond acceptors (Lipinski definition) is 4. The Kier molecular flexibility index (Phi) is 4.88. The first-order valence-electron chi connectivity index (χ1n) is 5.69. The maximum atomic E-state index is 12.1. The molecule has 1 heterocycles. The van der Waals surface area contributed by atoms with Crippen molar-refractivity contribution < 1.29 is 9.59 Å². The van der Waals surface area contributed by atoms with Gasteiger partial charge in [0.1, 0.15) is 5.82 Å². The van der Waals surface area contributed by atoms with Gasteiger partial charge in [-0.05, 0) is 35.8 Å². The Labute approximate surface area is 120 Å². The summed E-state index contributed by atoms with van der Waals surface area (Å²) in [5, 5.41) is 5.52. The predicted molar refractivity (Wildman–Crippen MR) is 76.8 cm³/mol. The molecule has 0 aliphatic heterocycles. The molecule has 0 atom stereocenters. The Balaban J connectivity index is 2.84. The highest BCUT2D eigenvalue weighted by atomic mass is 79.9. The normalized spacial score (nSPS) is 10.9. The molecule has 19 heavy (non-hydrogen) atoms. The molecule has 2 amide bonds. The van der Waals surface area contributed by atoms with Gasteiger partial charge in [-0.3, -0.25) is 9.59 Å². The topological polar surface area (TPSA) is 97.1 Å². The quantitative estimate of drug-likeness (QED) is 0.754. The average Bonchev–Trinajstić information content (AvgIpc) is 2.35. The van der Waals surface area contributed by atoms with Crippen LogP contribution in [-0.2, 0) is 4.79 Å². The van der Waals surface area contributed by atoms with Crippen LogP contribution < -0.4 is 16.4 Å². The number of primary amides is 1. The fraction of sp³-hybridized carbons (Fsp3) is 0.417. The molecule has 6 nitrogen and oxygen atoms in total. The second-order valence-electron chi connectivity index (χ2n) is 4.73. The van der Waals surface area contributed by atoms with Gasteiger partial charge in [-0.2, -0.15) is 0 Å². The monoisotopic (exact) mass is 328 g/mol. The third kappa shape index (κ3) is 3.92. The lowest BCUT2D eigenvalue weighted by atomic mass is 9.92. The molecule has 1 rings (SSSR count). The summed E-state index contributed by atoms with van der Waals surface area (Å²) in [5.74, 6) is -0.306. The van der Waals surface area contributed by atoms with Gasteiger partial charge < -0.3 is 16.4 Å². The first-order valence-corrected chi connectivity index (χ1v) is 6.48. The Hall–Kier alpha value is -1.63. The van der Waals surface area contributed by atoms with Crippen LogP contribution in [0.3, 0.4) is 0 Å². The second-order valence-corrected chi connectivity index (χ2v) is 5.65. The molecule has 0 saturated heterocycles. The van der Waals surface area contributed by atoms with Gasteiger partial charge in [0, 0.05) is 24.3 Å². The van der Waals surface area contributed by atoms with Crippen LogP contribution in [0.4, 0.5) is 5.82 Å². The van der Waals surface area contributed by atoms with Gasteiger partial charge in [0.15, 0.2) is 0 Å². The Morgan fingerprint density at radius 3 is 2.63 bits per heavy atom. The number of halogens is 1. The number of nitrogens with two attached hydrogens (primary N) is 1. The molecule has 0 fully saturated rings. The number of rotatable bonds is 5. The molecule has 0 aliphatic carbocycles. The maximum Gasteiger partial charge on any atom is 0.255 e. The standard InChI is InChI=1S/C12H17BrN4O2/c1-12(2,11(14)19)6-17-10(18)8-4-7(13)5-16-9(8)15-3/h4-5H,6H2,1-3H3,(H2,14,19)(H,15,16)(H,17,18). The van der Waals surface area contributed by atoms with Crippen molar-refractivity contribution in [3.63, 3.8) is 0 Å². The molecule has 0 aromatic carbocycles. The number of carbonyl (C=O) groups is 2. The van der Waals surface area contributed by atoms with Crippen molar-refractivity contribution in [1.29, 1.82) is 0 Å². The zero-order valence-electron chi connectivity index (χ0n) is 11.1. The summed E-state index contributed by atoms with van der Waals surface area (Å²) in [5.41, 5.74) is 4.86. The van der Waals surface area contributed by atoms with Crippen LogP contribution in [0.1, 0.15) is 24.2 Å². The molecule has 0 saturated carbocycles. The van der Waals surface area contributed by atoms with E-state index < -0.39 is 11.3 Å². The number of aromatic nitrogens is 1.